The van der Waals surface area contributed by atoms with Crippen LogP contribution in [0.1, 0.15) is 120 Å². The predicted octanol–water partition coefficient (Wildman–Crippen LogP) is 16.7. The number of hydrogen-bond acceptors (Lipinski definition) is 2. The Morgan fingerprint density at radius 2 is 0.951 bits per heavy atom. The van der Waals surface area contributed by atoms with Crippen LogP contribution in [0.15, 0.2) is 182 Å². The molecular weight excluding hydrogens is 741 g/mol. The van der Waals surface area contributed by atoms with Crippen LogP contribution in [0.3, 0.4) is 0 Å². The first-order chi connectivity index (χ1) is 29.5. The molecule has 0 saturated carbocycles. The lowest BCUT2D eigenvalue weighted by atomic mass is 9.78. The fraction of sp³-hybridized carbons (Fsp3) is 0.322. The van der Waals surface area contributed by atoms with E-state index in [9.17, 15) is 0 Å². The zero-order valence-corrected chi connectivity index (χ0v) is 39.2. The third-order valence-electron chi connectivity index (χ3n) is 11.9. The molecule has 3 atom stereocenters. The minimum Gasteiger partial charge on any atom is -0.497 e. The molecule has 2 heteroatoms. The molecular formula is C59H74O2. The van der Waals surface area contributed by atoms with E-state index in [1.54, 1.807) is 14.2 Å². The zero-order valence-electron chi connectivity index (χ0n) is 39.2. The molecule has 7 aromatic carbocycles. The molecule has 2 nitrogen and oxygen atoms in total. The lowest BCUT2D eigenvalue weighted by molar-refractivity contribution is 0.399. The summed E-state index contributed by atoms with van der Waals surface area (Å²) in [6.45, 7) is 20.2. The average Bonchev–Trinajstić information content (AvgIpc) is 3.34. The first-order valence-electron chi connectivity index (χ1n) is 22.4. The highest BCUT2D eigenvalue weighted by Crippen LogP contribution is 2.31. The van der Waals surface area contributed by atoms with Gasteiger partial charge in [0.25, 0.3) is 0 Å². The van der Waals surface area contributed by atoms with E-state index in [0.717, 1.165) is 30.3 Å². The smallest absolute Gasteiger partial charge is 0.122 e. The monoisotopic (exact) mass is 815 g/mol. The van der Waals surface area contributed by atoms with E-state index in [4.69, 9.17) is 9.47 Å². The number of benzene rings is 7. The van der Waals surface area contributed by atoms with Crippen molar-refractivity contribution in [1.29, 1.82) is 0 Å². The van der Waals surface area contributed by atoms with E-state index in [-0.39, 0.29) is 5.41 Å². The molecule has 61 heavy (non-hydrogen) atoms. The van der Waals surface area contributed by atoms with Gasteiger partial charge in [0.1, 0.15) is 11.5 Å². The van der Waals surface area contributed by atoms with Crippen molar-refractivity contribution in [2.45, 2.75) is 105 Å². The summed E-state index contributed by atoms with van der Waals surface area (Å²) in [6, 6.07) is 63.6. The summed E-state index contributed by atoms with van der Waals surface area (Å²) in [5, 5.41) is 2.67. The molecule has 322 valence electrons. The van der Waals surface area contributed by atoms with Crippen LogP contribution in [-0.4, -0.2) is 14.2 Å². The van der Waals surface area contributed by atoms with Gasteiger partial charge in [0.05, 0.1) is 14.2 Å². The van der Waals surface area contributed by atoms with Crippen LogP contribution in [0.5, 0.6) is 11.5 Å². The maximum Gasteiger partial charge on any atom is 0.122 e. The quantitative estimate of drug-likeness (QED) is 0.129. The molecule has 0 bridgehead atoms. The zero-order chi connectivity index (χ0) is 44.5. The van der Waals surface area contributed by atoms with Crippen molar-refractivity contribution >= 4 is 10.8 Å². The number of rotatable bonds is 11. The average molecular weight is 815 g/mol. The van der Waals surface area contributed by atoms with E-state index >= 15 is 0 Å². The summed E-state index contributed by atoms with van der Waals surface area (Å²) in [6.07, 6.45) is 4.56. The maximum absolute atomic E-state index is 5.18. The highest BCUT2D eigenvalue weighted by Gasteiger charge is 2.22. The SMILES string of the molecule is CC(C)(c1ccccc1)c1ccccc1.CCC(C)C(C)c1ccccc1.CCC(C)c1ccccc1.CCc1cc(OC)ccc1OC.CCc1ccc2ccccc2c1. The first kappa shape index (κ1) is 49.8. The van der Waals surface area contributed by atoms with Gasteiger partial charge in [-0.25, -0.2) is 0 Å². The second-order valence-electron chi connectivity index (χ2n) is 16.2. The fourth-order valence-corrected chi connectivity index (χ4v) is 6.95. The summed E-state index contributed by atoms with van der Waals surface area (Å²) in [5.41, 5.74) is 8.30. The van der Waals surface area contributed by atoms with Crippen molar-refractivity contribution in [3.05, 3.63) is 215 Å². The summed E-state index contributed by atoms with van der Waals surface area (Å²) in [5.74, 6) is 4.00. The molecule has 0 N–H and O–H groups in total. The Labute approximate surface area is 371 Å². The van der Waals surface area contributed by atoms with Crippen LogP contribution in [0.25, 0.3) is 10.8 Å². The minimum atomic E-state index is 0.0858. The van der Waals surface area contributed by atoms with Gasteiger partial charge in [0.15, 0.2) is 0 Å². The maximum atomic E-state index is 5.18. The Balaban J connectivity index is 0.000000205. The van der Waals surface area contributed by atoms with Crippen molar-refractivity contribution in [1.82, 2.24) is 0 Å². The van der Waals surface area contributed by atoms with Gasteiger partial charge in [-0.3, -0.25) is 0 Å². The largest absolute Gasteiger partial charge is 0.497 e. The molecule has 0 amide bonds. The second-order valence-corrected chi connectivity index (χ2v) is 16.2. The molecule has 0 heterocycles. The van der Waals surface area contributed by atoms with E-state index in [1.165, 1.54) is 57.0 Å². The van der Waals surface area contributed by atoms with E-state index < -0.39 is 0 Å². The van der Waals surface area contributed by atoms with Crippen LogP contribution < -0.4 is 9.47 Å². The van der Waals surface area contributed by atoms with Crippen LogP contribution in [-0.2, 0) is 18.3 Å². The van der Waals surface area contributed by atoms with E-state index in [1.807, 2.05) is 18.2 Å². The number of ether oxygens (including phenoxy) is 2. The van der Waals surface area contributed by atoms with E-state index in [0.29, 0.717) is 11.8 Å². The highest BCUT2D eigenvalue weighted by molar-refractivity contribution is 5.82. The lowest BCUT2D eigenvalue weighted by Gasteiger charge is -2.25. The van der Waals surface area contributed by atoms with Gasteiger partial charge in [-0.15, -0.1) is 0 Å². The third kappa shape index (κ3) is 16.4. The molecule has 3 unspecified atom stereocenters. The van der Waals surface area contributed by atoms with Crippen molar-refractivity contribution in [3.63, 3.8) is 0 Å². The minimum absolute atomic E-state index is 0.0858. The number of methoxy groups -OCH3 is 2. The van der Waals surface area contributed by atoms with Gasteiger partial charge >= 0.3 is 0 Å². The Hall–Kier alpha value is -5.60. The first-order valence-corrected chi connectivity index (χ1v) is 22.4. The molecule has 0 saturated heterocycles. The van der Waals surface area contributed by atoms with Crippen molar-refractivity contribution < 1.29 is 9.47 Å². The molecule has 0 aliphatic rings. The Morgan fingerprint density at radius 3 is 1.41 bits per heavy atom. The van der Waals surface area contributed by atoms with Gasteiger partial charge in [-0.2, -0.15) is 0 Å². The molecule has 7 aromatic rings. The topological polar surface area (TPSA) is 18.5 Å². The Morgan fingerprint density at radius 1 is 0.459 bits per heavy atom. The molecule has 0 spiro atoms. The molecule has 7 rings (SSSR count). The Bertz CT molecular complexity index is 2130. The fourth-order valence-electron chi connectivity index (χ4n) is 6.95. The predicted molar refractivity (Wildman–Crippen MR) is 267 cm³/mol. The highest BCUT2D eigenvalue weighted by atomic mass is 16.5. The van der Waals surface area contributed by atoms with Crippen LogP contribution in [0, 0.1) is 5.92 Å². The summed E-state index contributed by atoms with van der Waals surface area (Å²) in [4.78, 5) is 0. The van der Waals surface area contributed by atoms with Gasteiger partial charge in [0, 0.05) is 5.41 Å². The van der Waals surface area contributed by atoms with Crippen molar-refractivity contribution in [3.8, 4) is 11.5 Å². The van der Waals surface area contributed by atoms with Gasteiger partial charge in [-0.05, 0) is 99.4 Å². The molecule has 0 aliphatic carbocycles. The second kappa shape index (κ2) is 27.3. The van der Waals surface area contributed by atoms with E-state index in [2.05, 4.69) is 226 Å². The molecule has 0 aromatic heterocycles. The van der Waals surface area contributed by atoms with Gasteiger partial charge < -0.3 is 9.47 Å². The molecule has 0 aliphatic heterocycles. The van der Waals surface area contributed by atoms with Crippen molar-refractivity contribution in [2.75, 3.05) is 14.2 Å². The van der Waals surface area contributed by atoms with Crippen molar-refractivity contribution in [2.24, 2.45) is 5.92 Å². The standard InChI is InChI=1S/C15H16.C12H12.C12H18.C10H14O2.C10H14/c1-15(2,13-9-5-3-6-10-13)14-11-7-4-8-12-14;1-2-10-7-8-11-5-3-4-6-12(11)9-10;1-4-10(2)11(3)12-8-6-5-7-9-12;1-4-8-7-9(11-2)5-6-10(8)12-3;1-3-9(2)10-7-5-4-6-8-10/h3-12H,1-2H3;3-9H,2H2,1H3;5-11H,4H2,1-3H3;5-7H,4H2,1-3H3;4-9H,3H2,1-2H3. The van der Waals surface area contributed by atoms with Gasteiger partial charge in [-0.1, -0.05) is 233 Å². The van der Waals surface area contributed by atoms with Gasteiger partial charge in [0.2, 0.25) is 0 Å². The lowest BCUT2D eigenvalue weighted by Crippen LogP contribution is -2.18. The van der Waals surface area contributed by atoms with Crippen LogP contribution in [0.2, 0.25) is 0 Å². The molecule has 0 fully saturated rings. The van der Waals surface area contributed by atoms with Crippen LogP contribution >= 0.6 is 0 Å². The summed E-state index contributed by atoms with van der Waals surface area (Å²) in [7, 11) is 3.35. The summed E-state index contributed by atoms with van der Waals surface area (Å²) >= 11 is 0. The number of fused-ring (bicyclic) bond motifs is 1. The number of aryl methyl sites for hydroxylation is 2. The van der Waals surface area contributed by atoms with Crippen LogP contribution in [0.4, 0.5) is 0 Å². The normalized spacial score (nSPS) is 11.9. The Kier molecular flexibility index (Phi) is 22.3. The third-order valence-corrected chi connectivity index (χ3v) is 11.9. The summed E-state index contributed by atoms with van der Waals surface area (Å²) < 4.78 is 10.3. The number of hydrogen-bond donors (Lipinski definition) is 0. The molecule has 0 radical (unpaired) electrons.